The van der Waals surface area contributed by atoms with E-state index in [4.69, 9.17) is 0 Å². The summed E-state index contributed by atoms with van der Waals surface area (Å²) < 4.78 is 26.3. The van der Waals surface area contributed by atoms with E-state index in [-0.39, 0.29) is 23.0 Å². The fourth-order valence-corrected chi connectivity index (χ4v) is 5.70. The predicted molar refractivity (Wildman–Crippen MR) is 128 cm³/mol. The molecular formula is C23H29N3O3S2. The second-order valence-corrected chi connectivity index (χ2v) is 10.5. The molecule has 31 heavy (non-hydrogen) atoms. The lowest BCUT2D eigenvalue weighted by Crippen LogP contribution is -2.39. The van der Waals surface area contributed by atoms with Gasteiger partial charge in [0.1, 0.15) is 0 Å². The van der Waals surface area contributed by atoms with Crippen LogP contribution in [-0.2, 0) is 14.6 Å². The van der Waals surface area contributed by atoms with Crippen molar-refractivity contribution in [3.05, 3.63) is 54.1 Å². The number of benzene rings is 2. The molecule has 3 rings (SSSR count). The van der Waals surface area contributed by atoms with E-state index in [0.29, 0.717) is 18.2 Å². The molecule has 0 N–H and O–H groups in total. The maximum Gasteiger partial charge on any atom is 0.229 e. The quantitative estimate of drug-likeness (QED) is 0.456. The largest absolute Gasteiger partial charge is 0.302 e. The van der Waals surface area contributed by atoms with E-state index >= 15 is 0 Å². The Balaban J connectivity index is 1.81. The van der Waals surface area contributed by atoms with E-state index in [0.717, 1.165) is 28.9 Å². The highest BCUT2D eigenvalue weighted by Gasteiger charge is 2.23. The number of anilines is 1. The van der Waals surface area contributed by atoms with Crippen LogP contribution in [0.3, 0.4) is 0 Å². The lowest BCUT2D eigenvalue weighted by Gasteiger charge is -2.24. The first kappa shape index (κ1) is 23.4. The molecule has 0 spiro atoms. The van der Waals surface area contributed by atoms with Gasteiger partial charge in [0, 0.05) is 19.5 Å². The highest BCUT2D eigenvalue weighted by atomic mass is 32.2. The van der Waals surface area contributed by atoms with E-state index in [1.54, 1.807) is 35.2 Å². The molecule has 1 aromatic heterocycles. The van der Waals surface area contributed by atoms with E-state index in [2.05, 4.69) is 29.8 Å². The lowest BCUT2D eigenvalue weighted by molar-refractivity contribution is -0.118. The Kier molecular flexibility index (Phi) is 7.80. The van der Waals surface area contributed by atoms with Crippen molar-refractivity contribution < 1.29 is 13.2 Å². The average molecular weight is 460 g/mol. The molecule has 0 aliphatic carbocycles. The van der Waals surface area contributed by atoms with Crippen LogP contribution in [0.5, 0.6) is 0 Å². The van der Waals surface area contributed by atoms with Gasteiger partial charge in [-0.25, -0.2) is 13.4 Å². The van der Waals surface area contributed by atoms with Crippen molar-refractivity contribution in [1.29, 1.82) is 0 Å². The second kappa shape index (κ2) is 10.3. The van der Waals surface area contributed by atoms with Gasteiger partial charge < -0.3 is 4.90 Å². The maximum atomic E-state index is 13.2. The van der Waals surface area contributed by atoms with Gasteiger partial charge in [-0.05, 0) is 49.8 Å². The topological polar surface area (TPSA) is 70.6 Å². The standard InChI is InChI=1S/C23H29N3O3S2/c1-4-25(5-2)14-15-26(23-24-20-12-11-18(3)17-21(20)30-23)22(27)13-16-31(28,29)19-9-7-6-8-10-19/h6-12,17H,4-5,13-16H2,1-3H3. The third-order valence-corrected chi connectivity index (χ3v) is 8.06. The fourth-order valence-electron chi connectivity index (χ4n) is 3.35. The highest BCUT2D eigenvalue weighted by Crippen LogP contribution is 2.30. The predicted octanol–water partition coefficient (Wildman–Crippen LogP) is 4.14. The molecule has 0 aliphatic heterocycles. The first-order valence-corrected chi connectivity index (χ1v) is 13.0. The van der Waals surface area contributed by atoms with Crippen LogP contribution in [0.1, 0.15) is 25.8 Å². The minimum Gasteiger partial charge on any atom is -0.302 e. The van der Waals surface area contributed by atoms with Crippen molar-refractivity contribution in [2.75, 3.05) is 36.8 Å². The number of sulfone groups is 1. The molecule has 1 heterocycles. The van der Waals surface area contributed by atoms with E-state index in [1.165, 1.54) is 11.3 Å². The Morgan fingerprint density at radius 3 is 2.42 bits per heavy atom. The molecule has 0 bridgehead atoms. The van der Waals surface area contributed by atoms with Crippen LogP contribution in [-0.4, -0.2) is 56.1 Å². The van der Waals surface area contributed by atoms with Gasteiger partial charge in [0.25, 0.3) is 0 Å². The summed E-state index contributed by atoms with van der Waals surface area (Å²) in [5, 5.41) is 0.620. The van der Waals surface area contributed by atoms with E-state index in [1.807, 2.05) is 19.1 Å². The van der Waals surface area contributed by atoms with Gasteiger partial charge in [-0.3, -0.25) is 9.69 Å². The van der Waals surface area contributed by atoms with Crippen LogP contribution in [0.2, 0.25) is 0 Å². The zero-order valence-electron chi connectivity index (χ0n) is 18.2. The summed E-state index contributed by atoms with van der Waals surface area (Å²) in [5.74, 6) is -0.441. The number of carbonyl (C=O) groups excluding carboxylic acids is 1. The third-order valence-electron chi connectivity index (χ3n) is 5.29. The van der Waals surface area contributed by atoms with Crippen LogP contribution in [0.15, 0.2) is 53.4 Å². The number of thiazole rings is 1. The number of hydrogen-bond donors (Lipinski definition) is 0. The van der Waals surface area contributed by atoms with Crippen LogP contribution >= 0.6 is 11.3 Å². The summed E-state index contributed by atoms with van der Waals surface area (Å²) >= 11 is 1.47. The molecular weight excluding hydrogens is 430 g/mol. The first-order chi connectivity index (χ1) is 14.8. The Hall–Kier alpha value is -2.29. The van der Waals surface area contributed by atoms with Crippen molar-refractivity contribution in [3.8, 4) is 0 Å². The van der Waals surface area contributed by atoms with Gasteiger partial charge in [0.2, 0.25) is 5.91 Å². The van der Waals surface area contributed by atoms with Gasteiger partial charge in [-0.1, -0.05) is 49.4 Å². The summed E-state index contributed by atoms with van der Waals surface area (Å²) in [5.41, 5.74) is 1.99. The Labute approximate surface area is 188 Å². The Morgan fingerprint density at radius 2 is 1.74 bits per heavy atom. The van der Waals surface area contributed by atoms with Gasteiger partial charge in [0.05, 0.1) is 20.9 Å². The molecule has 2 aromatic carbocycles. The average Bonchev–Trinajstić information content (AvgIpc) is 3.18. The van der Waals surface area contributed by atoms with Crippen LogP contribution in [0.4, 0.5) is 5.13 Å². The van der Waals surface area contributed by atoms with E-state index < -0.39 is 9.84 Å². The second-order valence-electron chi connectivity index (χ2n) is 7.42. The maximum absolute atomic E-state index is 13.2. The number of likely N-dealkylation sites (N-methyl/N-ethyl adjacent to an activating group) is 1. The molecule has 0 aliphatic rings. The fraction of sp³-hybridized carbons (Fsp3) is 0.391. The molecule has 6 nitrogen and oxygen atoms in total. The van der Waals surface area contributed by atoms with Crippen molar-refractivity contribution >= 4 is 42.4 Å². The number of amides is 1. The first-order valence-electron chi connectivity index (χ1n) is 10.5. The summed E-state index contributed by atoms with van der Waals surface area (Å²) in [6.07, 6.45) is -0.0789. The molecule has 0 saturated carbocycles. The molecule has 0 radical (unpaired) electrons. The molecule has 0 saturated heterocycles. The van der Waals surface area contributed by atoms with Crippen molar-refractivity contribution in [3.63, 3.8) is 0 Å². The highest BCUT2D eigenvalue weighted by molar-refractivity contribution is 7.91. The monoisotopic (exact) mass is 459 g/mol. The molecule has 166 valence electrons. The number of hydrogen-bond acceptors (Lipinski definition) is 6. The summed E-state index contributed by atoms with van der Waals surface area (Å²) in [4.78, 5) is 22.0. The minimum absolute atomic E-state index is 0.0789. The molecule has 0 atom stereocenters. The van der Waals surface area contributed by atoms with Gasteiger partial charge in [-0.15, -0.1) is 0 Å². The Bertz CT molecular complexity index is 1120. The number of fused-ring (bicyclic) bond motifs is 1. The van der Waals surface area contributed by atoms with Gasteiger partial charge in [-0.2, -0.15) is 0 Å². The number of carbonyl (C=O) groups is 1. The number of aromatic nitrogens is 1. The van der Waals surface area contributed by atoms with Crippen molar-refractivity contribution in [2.24, 2.45) is 0 Å². The number of nitrogens with zero attached hydrogens (tertiary/aromatic N) is 3. The van der Waals surface area contributed by atoms with Crippen LogP contribution in [0.25, 0.3) is 10.2 Å². The normalized spacial score (nSPS) is 11.9. The smallest absolute Gasteiger partial charge is 0.229 e. The molecule has 0 fully saturated rings. The summed E-state index contributed by atoms with van der Waals surface area (Å²) in [7, 11) is -3.52. The Morgan fingerprint density at radius 1 is 1.03 bits per heavy atom. The lowest BCUT2D eigenvalue weighted by atomic mass is 10.2. The molecule has 3 aromatic rings. The summed E-state index contributed by atoms with van der Waals surface area (Å²) in [6, 6.07) is 14.3. The minimum atomic E-state index is -3.52. The zero-order valence-corrected chi connectivity index (χ0v) is 19.9. The third kappa shape index (κ3) is 5.90. The molecule has 8 heteroatoms. The number of aryl methyl sites for hydroxylation is 1. The van der Waals surface area contributed by atoms with Crippen molar-refractivity contribution in [1.82, 2.24) is 9.88 Å². The zero-order chi connectivity index (χ0) is 22.4. The number of rotatable bonds is 10. The summed E-state index contributed by atoms with van der Waals surface area (Å²) in [6.45, 7) is 9.16. The van der Waals surface area contributed by atoms with E-state index in [9.17, 15) is 13.2 Å². The van der Waals surface area contributed by atoms with Gasteiger partial charge >= 0.3 is 0 Å². The van der Waals surface area contributed by atoms with Crippen molar-refractivity contribution in [2.45, 2.75) is 32.1 Å². The SMILES string of the molecule is CCN(CC)CCN(C(=O)CCS(=O)(=O)c1ccccc1)c1nc2ccc(C)cc2s1. The van der Waals surface area contributed by atoms with Crippen LogP contribution < -0.4 is 4.90 Å². The molecule has 0 unspecified atom stereocenters. The van der Waals surface area contributed by atoms with Gasteiger partial charge in [0.15, 0.2) is 15.0 Å². The van der Waals surface area contributed by atoms with Crippen LogP contribution in [0, 0.1) is 6.92 Å². The molecule has 1 amide bonds.